The van der Waals surface area contributed by atoms with Crippen molar-refractivity contribution in [2.24, 2.45) is 0 Å². The van der Waals surface area contributed by atoms with E-state index in [0.717, 1.165) is 0 Å². The molecule has 0 spiro atoms. The van der Waals surface area contributed by atoms with Gasteiger partial charge in [-0.15, -0.1) is 11.3 Å². The van der Waals surface area contributed by atoms with E-state index in [2.05, 4.69) is 5.32 Å². The van der Waals surface area contributed by atoms with Crippen LogP contribution in [0.4, 0.5) is 9.39 Å². The van der Waals surface area contributed by atoms with E-state index in [0.29, 0.717) is 22.5 Å². The summed E-state index contributed by atoms with van der Waals surface area (Å²) in [5, 5.41) is 13.8. The predicted molar refractivity (Wildman–Crippen MR) is 72.4 cm³/mol. The molecule has 0 fully saturated rings. The van der Waals surface area contributed by atoms with Crippen LogP contribution < -0.4 is 5.32 Å². The number of carbonyl (C=O) groups is 1. The van der Waals surface area contributed by atoms with Crippen molar-refractivity contribution >= 4 is 22.2 Å². The summed E-state index contributed by atoms with van der Waals surface area (Å²) in [6, 6.07) is 10.0. The van der Waals surface area contributed by atoms with Crippen LogP contribution >= 0.6 is 11.3 Å². The Morgan fingerprint density at radius 3 is 2.89 bits per heavy atom. The van der Waals surface area contributed by atoms with Gasteiger partial charge in [0.25, 0.3) is 0 Å². The van der Waals surface area contributed by atoms with Gasteiger partial charge < -0.3 is 5.32 Å². The Labute approximate surface area is 114 Å². The predicted octanol–water partition coefficient (Wildman–Crippen LogP) is 3.33. The molecule has 0 bridgehead atoms. The summed E-state index contributed by atoms with van der Waals surface area (Å²) < 4.78 is 13.4. The van der Waals surface area contributed by atoms with Gasteiger partial charge in [0.2, 0.25) is 5.91 Å². The average Bonchev–Trinajstić information content (AvgIpc) is 2.85. The SMILES string of the molecule is N#Cc1ccsc1NC(=O)CCc1ccccc1F. The zero-order valence-corrected chi connectivity index (χ0v) is 10.8. The zero-order valence-electron chi connectivity index (χ0n) is 10.0. The van der Waals surface area contributed by atoms with E-state index < -0.39 is 0 Å². The first-order valence-electron chi connectivity index (χ1n) is 5.71. The van der Waals surface area contributed by atoms with E-state index in [9.17, 15) is 9.18 Å². The zero-order chi connectivity index (χ0) is 13.7. The van der Waals surface area contributed by atoms with Crippen molar-refractivity contribution < 1.29 is 9.18 Å². The maximum atomic E-state index is 13.4. The van der Waals surface area contributed by atoms with Crippen LogP contribution in [0.15, 0.2) is 35.7 Å². The highest BCUT2D eigenvalue weighted by molar-refractivity contribution is 7.14. The molecule has 1 amide bonds. The molecule has 1 aromatic heterocycles. The molecule has 0 unspecified atom stereocenters. The summed E-state index contributed by atoms with van der Waals surface area (Å²) in [6.45, 7) is 0. The number of hydrogen-bond acceptors (Lipinski definition) is 3. The van der Waals surface area contributed by atoms with Crippen LogP contribution in [0.3, 0.4) is 0 Å². The number of hydrogen-bond donors (Lipinski definition) is 1. The summed E-state index contributed by atoms with van der Waals surface area (Å²) in [6.07, 6.45) is 0.523. The Morgan fingerprint density at radius 1 is 1.37 bits per heavy atom. The third-order valence-electron chi connectivity index (χ3n) is 2.62. The highest BCUT2D eigenvalue weighted by Gasteiger charge is 2.09. The highest BCUT2D eigenvalue weighted by atomic mass is 32.1. The summed E-state index contributed by atoms with van der Waals surface area (Å²) >= 11 is 1.30. The molecule has 1 heterocycles. The fraction of sp³-hybridized carbons (Fsp3) is 0.143. The van der Waals surface area contributed by atoms with E-state index in [1.807, 2.05) is 6.07 Å². The normalized spacial score (nSPS) is 9.89. The fourth-order valence-electron chi connectivity index (χ4n) is 1.63. The van der Waals surface area contributed by atoms with Gasteiger partial charge >= 0.3 is 0 Å². The van der Waals surface area contributed by atoms with Crippen LogP contribution in [-0.4, -0.2) is 5.91 Å². The van der Waals surface area contributed by atoms with Crippen molar-refractivity contribution in [1.82, 2.24) is 0 Å². The third kappa shape index (κ3) is 3.39. The lowest BCUT2D eigenvalue weighted by Crippen LogP contribution is -2.12. The fourth-order valence-corrected chi connectivity index (χ4v) is 2.39. The Hall–Kier alpha value is -2.19. The summed E-state index contributed by atoms with van der Waals surface area (Å²) in [5.74, 6) is -0.522. The number of nitriles is 1. The molecule has 1 aromatic carbocycles. The van der Waals surface area contributed by atoms with Crippen molar-refractivity contribution in [1.29, 1.82) is 5.26 Å². The Bertz CT molecular complexity index is 630. The number of benzene rings is 1. The molecule has 5 heteroatoms. The maximum absolute atomic E-state index is 13.4. The highest BCUT2D eigenvalue weighted by Crippen LogP contribution is 2.22. The van der Waals surface area contributed by atoms with Crippen LogP contribution in [0.25, 0.3) is 0 Å². The van der Waals surface area contributed by atoms with E-state index in [-0.39, 0.29) is 18.1 Å². The molecule has 19 heavy (non-hydrogen) atoms. The molecule has 0 aliphatic rings. The maximum Gasteiger partial charge on any atom is 0.225 e. The second-order valence-electron chi connectivity index (χ2n) is 3.91. The molecular formula is C14H11FN2OS. The van der Waals surface area contributed by atoms with E-state index in [1.54, 1.807) is 29.6 Å². The topological polar surface area (TPSA) is 52.9 Å². The van der Waals surface area contributed by atoms with Crippen molar-refractivity contribution in [3.8, 4) is 6.07 Å². The van der Waals surface area contributed by atoms with Gasteiger partial charge in [-0.2, -0.15) is 5.26 Å². The second-order valence-corrected chi connectivity index (χ2v) is 4.83. The van der Waals surface area contributed by atoms with Crippen LogP contribution in [0.1, 0.15) is 17.5 Å². The van der Waals surface area contributed by atoms with Gasteiger partial charge in [0.15, 0.2) is 0 Å². The van der Waals surface area contributed by atoms with Gasteiger partial charge in [-0.3, -0.25) is 4.79 Å². The first-order chi connectivity index (χ1) is 9.20. The number of anilines is 1. The van der Waals surface area contributed by atoms with Crippen LogP contribution in [0.2, 0.25) is 0 Å². The Morgan fingerprint density at radius 2 is 2.16 bits per heavy atom. The number of nitrogens with zero attached hydrogens (tertiary/aromatic N) is 1. The molecule has 2 aromatic rings. The number of rotatable bonds is 4. The number of thiophene rings is 1. The standard InChI is InChI=1S/C14H11FN2OS/c15-12-4-2-1-3-10(12)5-6-13(18)17-14-11(9-16)7-8-19-14/h1-4,7-8H,5-6H2,(H,17,18). The quantitative estimate of drug-likeness (QED) is 0.929. The molecular weight excluding hydrogens is 263 g/mol. The van der Waals surface area contributed by atoms with Crippen LogP contribution in [-0.2, 0) is 11.2 Å². The summed E-state index contributed by atoms with van der Waals surface area (Å²) in [5.41, 5.74) is 0.966. The number of aryl methyl sites for hydroxylation is 1. The molecule has 0 aliphatic carbocycles. The largest absolute Gasteiger partial charge is 0.317 e. The number of amides is 1. The number of halogens is 1. The van der Waals surface area contributed by atoms with E-state index >= 15 is 0 Å². The monoisotopic (exact) mass is 274 g/mol. The number of nitrogens with one attached hydrogen (secondary N) is 1. The Kier molecular flexibility index (Phi) is 4.26. The van der Waals surface area contributed by atoms with Gasteiger partial charge in [-0.05, 0) is 29.5 Å². The van der Waals surface area contributed by atoms with Gasteiger partial charge in [0, 0.05) is 6.42 Å². The lowest BCUT2D eigenvalue weighted by atomic mass is 10.1. The summed E-state index contributed by atoms with van der Waals surface area (Å²) in [7, 11) is 0. The van der Waals surface area contributed by atoms with Crippen LogP contribution in [0, 0.1) is 17.1 Å². The first kappa shape index (κ1) is 13.2. The van der Waals surface area contributed by atoms with Crippen molar-refractivity contribution in [2.45, 2.75) is 12.8 Å². The van der Waals surface area contributed by atoms with E-state index in [4.69, 9.17) is 5.26 Å². The molecule has 0 saturated carbocycles. The lowest BCUT2D eigenvalue weighted by molar-refractivity contribution is -0.116. The lowest BCUT2D eigenvalue weighted by Gasteiger charge is -2.04. The third-order valence-corrected chi connectivity index (χ3v) is 3.45. The van der Waals surface area contributed by atoms with Gasteiger partial charge in [-0.1, -0.05) is 18.2 Å². The molecule has 2 rings (SSSR count). The second kappa shape index (κ2) is 6.12. The van der Waals surface area contributed by atoms with Gasteiger partial charge in [-0.25, -0.2) is 4.39 Å². The van der Waals surface area contributed by atoms with Crippen molar-refractivity contribution in [3.05, 3.63) is 52.7 Å². The van der Waals surface area contributed by atoms with Crippen molar-refractivity contribution in [3.63, 3.8) is 0 Å². The van der Waals surface area contributed by atoms with E-state index in [1.165, 1.54) is 17.4 Å². The minimum atomic E-state index is -0.302. The van der Waals surface area contributed by atoms with Crippen LogP contribution in [0.5, 0.6) is 0 Å². The van der Waals surface area contributed by atoms with Crippen molar-refractivity contribution in [2.75, 3.05) is 5.32 Å². The minimum absolute atomic E-state index is 0.184. The molecule has 0 radical (unpaired) electrons. The number of carbonyl (C=O) groups excluding carboxylic acids is 1. The molecule has 96 valence electrons. The smallest absolute Gasteiger partial charge is 0.225 e. The average molecular weight is 274 g/mol. The molecule has 1 N–H and O–H groups in total. The molecule has 0 aliphatic heterocycles. The first-order valence-corrected chi connectivity index (χ1v) is 6.59. The molecule has 0 atom stereocenters. The van der Waals surface area contributed by atoms with Gasteiger partial charge in [0.1, 0.15) is 16.9 Å². The molecule has 0 saturated heterocycles. The summed E-state index contributed by atoms with van der Waals surface area (Å²) in [4.78, 5) is 11.7. The molecule has 3 nitrogen and oxygen atoms in total. The minimum Gasteiger partial charge on any atom is -0.317 e. The Balaban J connectivity index is 1.93. The van der Waals surface area contributed by atoms with Gasteiger partial charge in [0.05, 0.1) is 5.56 Å².